The van der Waals surface area contributed by atoms with E-state index in [0.717, 1.165) is 11.4 Å². The van der Waals surface area contributed by atoms with Crippen molar-refractivity contribution < 1.29 is 4.92 Å². The third-order valence-corrected chi connectivity index (χ3v) is 2.58. The number of hydrogen-bond donors (Lipinski definition) is 1. The molecule has 2 heterocycles. The molecule has 17 heavy (non-hydrogen) atoms. The SMILES string of the molecule is Cc1ncn(-c2ccc([N+](=O)[O-])c(N)n2)c1C. The number of aryl methyl sites for hydroxylation is 1. The van der Waals surface area contributed by atoms with E-state index in [1.165, 1.54) is 6.07 Å². The fraction of sp³-hybridized carbons (Fsp3) is 0.200. The number of rotatable bonds is 2. The van der Waals surface area contributed by atoms with E-state index in [1.807, 2.05) is 13.8 Å². The molecule has 0 spiro atoms. The molecule has 0 radical (unpaired) electrons. The van der Waals surface area contributed by atoms with Crippen molar-refractivity contribution in [1.29, 1.82) is 0 Å². The van der Waals surface area contributed by atoms with E-state index in [9.17, 15) is 10.1 Å². The Balaban J connectivity index is 2.52. The highest BCUT2D eigenvalue weighted by Gasteiger charge is 2.14. The van der Waals surface area contributed by atoms with Crippen LogP contribution in [0.15, 0.2) is 18.5 Å². The number of nitrogens with zero attached hydrogens (tertiary/aromatic N) is 4. The third kappa shape index (κ3) is 1.82. The monoisotopic (exact) mass is 233 g/mol. The Kier molecular flexibility index (Phi) is 2.51. The zero-order chi connectivity index (χ0) is 12.6. The van der Waals surface area contributed by atoms with Gasteiger partial charge in [0.15, 0.2) is 0 Å². The Labute approximate surface area is 97.1 Å². The van der Waals surface area contributed by atoms with E-state index in [-0.39, 0.29) is 11.5 Å². The van der Waals surface area contributed by atoms with Crippen molar-refractivity contribution in [3.63, 3.8) is 0 Å². The minimum Gasteiger partial charge on any atom is -0.378 e. The molecule has 0 aliphatic rings. The third-order valence-electron chi connectivity index (χ3n) is 2.58. The first-order valence-corrected chi connectivity index (χ1v) is 4.92. The second-order valence-corrected chi connectivity index (χ2v) is 3.62. The first-order valence-electron chi connectivity index (χ1n) is 4.92. The lowest BCUT2D eigenvalue weighted by Crippen LogP contribution is -2.04. The highest BCUT2D eigenvalue weighted by atomic mass is 16.6. The van der Waals surface area contributed by atoms with Crippen LogP contribution in [0.1, 0.15) is 11.4 Å². The fourth-order valence-electron chi connectivity index (χ4n) is 1.48. The van der Waals surface area contributed by atoms with Crippen LogP contribution in [0.5, 0.6) is 0 Å². The largest absolute Gasteiger partial charge is 0.378 e. The van der Waals surface area contributed by atoms with Crippen molar-refractivity contribution in [3.05, 3.63) is 40.0 Å². The highest BCUT2D eigenvalue weighted by molar-refractivity contribution is 5.54. The van der Waals surface area contributed by atoms with E-state index >= 15 is 0 Å². The van der Waals surface area contributed by atoms with Gasteiger partial charge in [0, 0.05) is 11.8 Å². The molecular formula is C10H11N5O2. The molecule has 2 rings (SSSR count). The Bertz CT molecular complexity index is 590. The zero-order valence-electron chi connectivity index (χ0n) is 9.41. The summed E-state index contributed by atoms with van der Waals surface area (Å²) in [4.78, 5) is 18.2. The number of nitrogens with two attached hydrogens (primary N) is 1. The first-order chi connectivity index (χ1) is 8.00. The van der Waals surface area contributed by atoms with Gasteiger partial charge >= 0.3 is 5.69 Å². The zero-order valence-corrected chi connectivity index (χ0v) is 9.41. The molecule has 2 N–H and O–H groups in total. The molecule has 0 aliphatic heterocycles. The van der Waals surface area contributed by atoms with Crippen molar-refractivity contribution in [2.24, 2.45) is 0 Å². The predicted octanol–water partition coefficient (Wildman–Crippen LogP) is 1.37. The number of nitrogen functional groups attached to an aromatic ring is 1. The van der Waals surface area contributed by atoms with Gasteiger partial charge in [-0.25, -0.2) is 9.97 Å². The number of pyridine rings is 1. The summed E-state index contributed by atoms with van der Waals surface area (Å²) < 4.78 is 1.73. The number of hydrogen-bond acceptors (Lipinski definition) is 5. The molecule has 88 valence electrons. The van der Waals surface area contributed by atoms with E-state index in [1.54, 1.807) is 17.0 Å². The molecule has 0 amide bonds. The van der Waals surface area contributed by atoms with Crippen LogP contribution in [0, 0.1) is 24.0 Å². The molecule has 0 bridgehead atoms. The molecule has 0 fully saturated rings. The smallest absolute Gasteiger partial charge is 0.311 e. The van der Waals surface area contributed by atoms with Crippen molar-refractivity contribution in [1.82, 2.24) is 14.5 Å². The van der Waals surface area contributed by atoms with Gasteiger partial charge in [-0.2, -0.15) is 0 Å². The molecule has 2 aromatic rings. The van der Waals surface area contributed by atoms with Gasteiger partial charge in [0.1, 0.15) is 12.1 Å². The van der Waals surface area contributed by atoms with Crippen molar-refractivity contribution >= 4 is 11.5 Å². The van der Waals surface area contributed by atoms with Crippen LogP contribution in [0.3, 0.4) is 0 Å². The van der Waals surface area contributed by atoms with E-state index in [4.69, 9.17) is 5.73 Å². The summed E-state index contributed by atoms with van der Waals surface area (Å²) in [7, 11) is 0. The van der Waals surface area contributed by atoms with Gasteiger partial charge in [-0.1, -0.05) is 0 Å². The second-order valence-electron chi connectivity index (χ2n) is 3.62. The lowest BCUT2D eigenvalue weighted by atomic mass is 10.3. The van der Waals surface area contributed by atoms with Gasteiger partial charge in [0.25, 0.3) is 0 Å². The summed E-state index contributed by atoms with van der Waals surface area (Å²) in [5.74, 6) is 0.421. The molecule has 0 unspecified atom stereocenters. The van der Waals surface area contributed by atoms with Crippen molar-refractivity contribution in [3.8, 4) is 5.82 Å². The maximum absolute atomic E-state index is 10.6. The van der Waals surface area contributed by atoms with Crippen LogP contribution in [0.2, 0.25) is 0 Å². The molecule has 7 heteroatoms. The summed E-state index contributed by atoms with van der Waals surface area (Å²) in [6, 6.07) is 2.88. The quantitative estimate of drug-likeness (QED) is 0.623. The lowest BCUT2D eigenvalue weighted by molar-refractivity contribution is -0.384. The van der Waals surface area contributed by atoms with E-state index in [2.05, 4.69) is 9.97 Å². The maximum Gasteiger partial charge on any atom is 0.311 e. The van der Waals surface area contributed by atoms with Crippen LogP contribution in [0.25, 0.3) is 5.82 Å². The van der Waals surface area contributed by atoms with Gasteiger partial charge in [0.05, 0.1) is 10.6 Å². The second kappa shape index (κ2) is 3.85. The van der Waals surface area contributed by atoms with Crippen molar-refractivity contribution in [2.75, 3.05) is 5.73 Å². The maximum atomic E-state index is 10.6. The molecule has 0 saturated carbocycles. The number of imidazole rings is 1. The van der Waals surface area contributed by atoms with Gasteiger partial charge in [-0.3, -0.25) is 14.7 Å². The van der Waals surface area contributed by atoms with E-state index < -0.39 is 4.92 Å². The Morgan fingerprint density at radius 3 is 2.59 bits per heavy atom. The average Bonchev–Trinajstić information content (AvgIpc) is 2.59. The number of anilines is 1. The Morgan fingerprint density at radius 1 is 1.41 bits per heavy atom. The lowest BCUT2D eigenvalue weighted by Gasteiger charge is -2.05. The summed E-state index contributed by atoms with van der Waals surface area (Å²) >= 11 is 0. The van der Waals surface area contributed by atoms with Crippen LogP contribution in [-0.2, 0) is 0 Å². The molecule has 0 saturated heterocycles. The summed E-state index contributed by atoms with van der Waals surface area (Å²) in [5.41, 5.74) is 7.14. The molecular weight excluding hydrogens is 222 g/mol. The fourth-order valence-corrected chi connectivity index (χ4v) is 1.48. The van der Waals surface area contributed by atoms with Crippen LogP contribution in [-0.4, -0.2) is 19.5 Å². The molecule has 2 aromatic heterocycles. The minimum atomic E-state index is -0.557. The van der Waals surface area contributed by atoms with Crippen LogP contribution < -0.4 is 5.73 Å². The molecule has 7 nitrogen and oxygen atoms in total. The Hall–Kier alpha value is -2.44. The van der Waals surface area contributed by atoms with Gasteiger partial charge in [0.2, 0.25) is 5.82 Å². The van der Waals surface area contributed by atoms with Crippen LogP contribution in [0.4, 0.5) is 11.5 Å². The normalized spacial score (nSPS) is 10.5. The summed E-state index contributed by atoms with van der Waals surface area (Å²) in [6.45, 7) is 3.77. The predicted molar refractivity (Wildman–Crippen MR) is 61.9 cm³/mol. The van der Waals surface area contributed by atoms with Crippen molar-refractivity contribution in [2.45, 2.75) is 13.8 Å². The van der Waals surface area contributed by atoms with Gasteiger partial charge in [-0.05, 0) is 19.9 Å². The molecule has 0 aromatic carbocycles. The van der Waals surface area contributed by atoms with Gasteiger partial charge < -0.3 is 5.73 Å². The van der Waals surface area contributed by atoms with Crippen LogP contribution >= 0.6 is 0 Å². The average molecular weight is 233 g/mol. The Morgan fingerprint density at radius 2 is 2.12 bits per heavy atom. The van der Waals surface area contributed by atoms with E-state index in [0.29, 0.717) is 5.82 Å². The first kappa shape index (κ1) is 11.1. The minimum absolute atomic E-state index is 0.0988. The van der Waals surface area contributed by atoms with Gasteiger partial charge in [-0.15, -0.1) is 0 Å². The summed E-state index contributed by atoms with van der Waals surface area (Å²) in [5, 5.41) is 10.6. The standard InChI is InChI=1S/C10H11N5O2/c1-6-7(2)14(5-12-6)9-4-3-8(15(16)17)10(11)13-9/h3-5H,1-2H3,(H2,11,13). The highest BCUT2D eigenvalue weighted by Crippen LogP contribution is 2.21. The topological polar surface area (TPSA) is 99.9 Å². The molecule has 0 aliphatic carbocycles. The number of aromatic nitrogens is 3. The summed E-state index contributed by atoms with van der Waals surface area (Å²) in [6.07, 6.45) is 1.61. The number of nitro groups is 1. The molecule has 0 atom stereocenters.